The van der Waals surface area contributed by atoms with Gasteiger partial charge in [-0.2, -0.15) is 0 Å². The molecular weight excluding hydrogens is 551 g/mol. The van der Waals surface area contributed by atoms with Gasteiger partial charge in [0, 0.05) is 56.7 Å². The summed E-state index contributed by atoms with van der Waals surface area (Å²) in [7, 11) is -5.17. The topological polar surface area (TPSA) is 172 Å². The van der Waals surface area contributed by atoms with Crippen LogP contribution in [0.4, 0.5) is 0 Å². The van der Waals surface area contributed by atoms with E-state index in [1.807, 2.05) is 24.3 Å². The molecule has 0 fully saturated rings. The zero-order valence-corrected chi connectivity index (χ0v) is 21.8. The van der Waals surface area contributed by atoms with Crippen molar-refractivity contribution in [1.82, 2.24) is 19.9 Å². The van der Waals surface area contributed by atoms with E-state index in [1.54, 1.807) is 24.8 Å². The first-order valence-corrected chi connectivity index (χ1v) is 12.2. The first kappa shape index (κ1) is 30.6. The smallest absolute Gasteiger partial charge is 0.759 e. The van der Waals surface area contributed by atoms with Crippen LogP contribution in [0.3, 0.4) is 0 Å². The number of pyridine rings is 4. The Kier molecular flexibility index (Phi) is 12.1. The minimum atomic E-state index is -5.17. The monoisotopic (exact) mass is 573 g/mol. The summed E-state index contributed by atoms with van der Waals surface area (Å²) in [5.74, 6) is 0. The van der Waals surface area contributed by atoms with Gasteiger partial charge in [0.25, 0.3) is 0 Å². The molecule has 0 atom stereocenters. The van der Waals surface area contributed by atoms with Gasteiger partial charge in [-0.3, -0.25) is 28.4 Å². The fraction of sp³-hybridized carbons (Fsp3) is 0.0769. The maximum atomic E-state index is 8.52. The third kappa shape index (κ3) is 9.05. The largest absolute Gasteiger partial charge is 2.00 e. The Morgan fingerprint density at radius 3 is 0.921 bits per heavy atom. The number of aliphatic hydroxyl groups excluding tert-OH is 2. The molecule has 12 heteroatoms. The van der Waals surface area contributed by atoms with Gasteiger partial charge in [0.1, 0.15) is 0 Å². The van der Waals surface area contributed by atoms with E-state index in [2.05, 4.69) is 68.5 Å². The van der Waals surface area contributed by atoms with Gasteiger partial charge in [-0.25, -0.2) is 0 Å². The van der Waals surface area contributed by atoms with Crippen molar-refractivity contribution in [2.45, 2.75) is 0 Å². The molecule has 38 heavy (non-hydrogen) atoms. The molecule has 4 heterocycles. The standard InChI is InChI=1S/2C12H8N2.C2H6O2.Mn.H2O4S/c2*1-3-9-5-6-10-4-2-8-14-12(10)11(9)13-7-1;3-1-2-4;;1-5(2,3)4/h2*1-8H;3-4H,1-2H2;;(H2,1,2,3,4)/q;;;+2;/p-2. The average molecular weight is 573 g/mol. The summed E-state index contributed by atoms with van der Waals surface area (Å²) in [6.07, 6.45) is 7.21. The Balaban J connectivity index is 0.000000201. The summed E-state index contributed by atoms with van der Waals surface area (Å²) in [6, 6.07) is 24.3. The van der Waals surface area contributed by atoms with Crippen LogP contribution >= 0.6 is 0 Å². The number of fused-ring (bicyclic) bond motifs is 6. The van der Waals surface area contributed by atoms with Crippen LogP contribution in [-0.2, 0) is 27.5 Å². The molecule has 1 radical (unpaired) electrons. The molecule has 0 unspecified atom stereocenters. The number of aliphatic hydroxyl groups is 2. The summed E-state index contributed by atoms with van der Waals surface area (Å²) in [5, 5.41) is 19.8. The molecule has 195 valence electrons. The Bertz CT molecular complexity index is 1490. The van der Waals surface area contributed by atoms with E-state index in [4.69, 9.17) is 27.7 Å². The quantitative estimate of drug-likeness (QED) is 0.129. The third-order valence-electron chi connectivity index (χ3n) is 4.79. The minimum absolute atomic E-state index is 0. The first-order valence-electron chi connectivity index (χ1n) is 10.9. The summed E-state index contributed by atoms with van der Waals surface area (Å²) in [5.41, 5.74) is 3.91. The van der Waals surface area contributed by atoms with Gasteiger partial charge in [0.2, 0.25) is 0 Å². The molecule has 10 nitrogen and oxygen atoms in total. The van der Waals surface area contributed by atoms with Gasteiger partial charge in [-0.15, -0.1) is 0 Å². The molecule has 6 aromatic rings. The third-order valence-corrected chi connectivity index (χ3v) is 4.79. The van der Waals surface area contributed by atoms with Gasteiger partial charge in [0.15, 0.2) is 0 Å². The normalized spacial score (nSPS) is 10.3. The molecule has 4 aromatic heterocycles. The van der Waals surface area contributed by atoms with Crippen molar-refractivity contribution in [1.29, 1.82) is 0 Å². The maximum Gasteiger partial charge on any atom is 2.00 e. The molecular formula is C26H22MnN4O6S. The maximum absolute atomic E-state index is 8.52. The fourth-order valence-corrected chi connectivity index (χ4v) is 3.36. The SMILES string of the molecule is O=S(=O)([O-])[O-].OCCO.[Mn+2].c1cnc2c(c1)ccc1cccnc12.c1cnc2c(c1)ccc1cccnc12. The molecule has 0 aliphatic rings. The van der Waals surface area contributed by atoms with Crippen LogP contribution in [0.2, 0.25) is 0 Å². The Morgan fingerprint density at radius 1 is 0.526 bits per heavy atom. The van der Waals surface area contributed by atoms with E-state index in [0.29, 0.717) is 0 Å². The first-order chi connectivity index (χ1) is 17.8. The van der Waals surface area contributed by atoms with Crippen molar-refractivity contribution in [2.75, 3.05) is 13.2 Å². The van der Waals surface area contributed by atoms with Crippen molar-refractivity contribution in [3.63, 3.8) is 0 Å². The molecule has 0 saturated carbocycles. The molecule has 2 N–H and O–H groups in total. The minimum Gasteiger partial charge on any atom is -0.759 e. The second-order valence-electron chi connectivity index (χ2n) is 7.29. The van der Waals surface area contributed by atoms with Crippen LogP contribution in [-0.4, -0.2) is 60.9 Å². The van der Waals surface area contributed by atoms with Gasteiger partial charge < -0.3 is 19.3 Å². The van der Waals surface area contributed by atoms with Crippen LogP contribution in [0.15, 0.2) is 97.6 Å². The number of aromatic nitrogens is 4. The number of nitrogens with zero attached hydrogens (tertiary/aromatic N) is 4. The zero-order chi connectivity index (χ0) is 26.7. The van der Waals surface area contributed by atoms with E-state index in [1.165, 1.54) is 0 Å². The van der Waals surface area contributed by atoms with E-state index in [-0.39, 0.29) is 30.3 Å². The van der Waals surface area contributed by atoms with Crippen LogP contribution < -0.4 is 0 Å². The fourth-order valence-electron chi connectivity index (χ4n) is 3.36. The van der Waals surface area contributed by atoms with Crippen LogP contribution in [0.5, 0.6) is 0 Å². The summed E-state index contributed by atoms with van der Waals surface area (Å²) >= 11 is 0. The summed E-state index contributed by atoms with van der Waals surface area (Å²) in [6.45, 7) is -0.250. The second kappa shape index (κ2) is 15.0. The summed E-state index contributed by atoms with van der Waals surface area (Å²) in [4.78, 5) is 17.4. The van der Waals surface area contributed by atoms with E-state index >= 15 is 0 Å². The number of rotatable bonds is 1. The van der Waals surface area contributed by atoms with E-state index in [9.17, 15) is 0 Å². The average Bonchev–Trinajstić information content (AvgIpc) is 2.92. The molecule has 0 amide bonds. The van der Waals surface area contributed by atoms with Gasteiger partial charge in [-0.1, -0.05) is 48.5 Å². The van der Waals surface area contributed by atoms with Crippen molar-refractivity contribution in [2.24, 2.45) is 0 Å². The Morgan fingerprint density at radius 2 is 0.737 bits per heavy atom. The van der Waals surface area contributed by atoms with Gasteiger partial charge in [-0.05, 0) is 24.3 Å². The number of benzene rings is 2. The second-order valence-corrected chi connectivity index (χ2v) is 8.10. The van der Waals surface area contributed by atoms with Crippen LogP contribution in [0, 0.1) is 0 Å². The molecule has 0 bridgehead atoms. The molecule has 0 spiro atoms. The molecule has 0 saturated heterocycles. The van der Waals surface area contributed by atoms with E-state index < -0.39 is 10.4 Å². The molecule has 0 aliphatic heterocycles. The number of hydrogen-bond donors (Lipinski definition) is 2. The van der Waals surface area contributed by atoms with Crippen molar-refractivity contribution in [3.05, 3.63) is 97.6 Å². The molecule has 0 aliphatic carbocycles. The van der Waals surface area contributed by atoms with E-state index in [0.717, 1.165) is 43.6 Å². The molecule has 2 aromatic carbocycles. The van der Waals surface area contributed by atoms with Crippen molar-refractivity contribution >= 4 is 54.0 Å². The van der Waals surface area contributed by atoms with Crippen molar-refractivity contribution in [3.8, 4) is 0 Å². The van der Waals surface area contributed by atoms with Gasteiger partial charge in [0.05, 0.1) is 35.3 Å². The predicted octanol–water partition coefficient (Wildman–Crippen LogP) is 3.20. The Labute approximate surface area is 229 Å². The molecule has 6 rings (SSSR count). The summed E-state index contributed by atoms with van der Waals surface area (Å²) < 4.78 is 34.1. The van der Waals surface area contributed by atoms with Gasteiger partial charge >= 0.3 is 17.1 Å². The van der Waals surface area contributed by atoms with Crippen molar-refractivity contribution < 1.29 is 44.8 Å². The number of hydrogen-bond acceptors (Lipinski definition) is 10. The van der Waals surface area contributed by atoms with Crippen LogP contribution in [0.25, 0.3) is 43.6 Å². The Hall–Kier alpha value is -3.61. The zero-order valence-electron chi connectivity index (χ0n) is 19.8. The predicted molar refractivity (Wildman–Crippen MR) is 139 cm³/mol. The van der Waals surface area contributed by atoms with Crippen LogP contribution in [0.1, 0.15) is 0 Å².